The highest BCUT2D eigenvalue weighted by Gasteiger charge is 2.13. The number of carbonyl (C=O) groups excluding carboxylic acids is 1. The van der Waals surface area contributed by atoms with Crippen molar-refractivity contribution < 1.29 is 13.2 Å². The van der Waals surface area contributed by atoms with Gasteiger partial charge in [-0.25, -0.2) is 13.1 Å². The maximum atomic E-state index is 12.2. The van der Waals surface area contributed by atoms with E-state index in [4.69, 9.17) is 0 Å². The van der Waals surface area contributed by atoms with E-state index in [1.54, 1.807) is 24.3 Å². The molecule has 0 saturated heterocycles. The van der Waals surface area contributed by atoms with Crippen molar-refractivity contribution in [2.75, 3.05) is 11.9 Å². The zero-order chi connectivity index (χ0) is 17.6. The summed E-state index contributed by atoms with van der Waals surface area (Å²) in [7, 11) is -3.50. The van der Waals surface area contributed by atoms with Crippen molar-refractivity contribution in [3.05, 3.63) is 57.7 Å². The van der Waals surface area contributed by atoms with Crippen molar-refractivity contribution in [1.29, 1.82) is 0 Å². The molecule has 0 aliphatic rings. The summed E-state index contributed by atoms with van der Waals surface area (Å²) in [6.07, 6.45) is 1.72. The van der Waals surface area contributed by atoms with E-state index in [9.17, 15) is 13.2 Å². The van der Waals surface area contributed by atoms with Crippen LogP contribution in [0.4, 0.5) is 5.69 Å². The standard InChI is InChI=1S/C17H19IN2O3S/c1-2-3-11-19-24(22,23)16-9-7-15(8-10-16)20-17(21)13-5-4-6-14(18)12-13/h4-10,12,19H,2-3,11H2,1H3,(H,20,21). The minimum atomic E-state index is -3.50. The molecule has 0 unspecified atom stereocenters. The maximum Gasteiger partial charge on any atom is 0.255 e. The van der Waals surface area contributed by atoms with E-state index in [-0.39, 0.29) is 10.8 Å². The number of hydrogen-bond donors (Lipinski definition) is 2. The van der Waals surface area contributed by atoms with Crippen LogP contribution in [0.2, 0.25) is 0 Å². The summed E-state index contributed by atoms with van der Waals surface area (Å²) < 4.78 is 27.7. The smallest absolute Gasteiger partial charge is 0.255 e. The third kappa shape index (κ3) is 5.29. The molecule has 0 saturated carbocycles. The number of rotatable bonds is 7. The van der Waals surface area contributed by atoms with Crippen LogP contribution < -0.4 is 10.0 Å². The summed E-state index contributed by atoms with van der Waals surface area (Å²) in [5, 5.41) is 2.76. The Bertz CT molecular complexity index is 805. The first-order valence-electron chi connectivity index (χ1n) is 7.59. The molecule has 0 bridgehead atoms. The number of amides is 1. The van der Waals surface area contributed by atoms with Gasteiger partial charge in [0.05, 0.1) is 4.90 Å². The Balaban J connectivity index is 2.05. The van der Waals surface area contributed by atoms with Gasteiger partial charge in [-0.3, -0.25) is 4.79 Å². The maximum absolute atomic E-state index is 12.2. The van der Waals surface area contributed by atoms with E-state index in [1.807, 2.05) is 19.1 Å². The minimum absolute atomic E-state index is 0.186. The van der Waals surface area contributed by atoms with Gasteiger partial charge in [0.15, 0.2) is 0 Å². The largest absolute Gasteiger partial charge is 0.322 e. The van der Waals surface area contributed by atoms with Gasteiger partial charge in [-0.05, 0) is 71.5 Å². The first-order valence-corrected chi connectivity index (χ1v) is 10.1. The predicted octanol–water partition coefficient (Wildman–Crippen LogP) is 3.62. The number of benzene rings is 2. The van der Waals surface area contributed by atoms with Gasteiger partial charge in [-0.1, -0.05) is 19.4 Å². The second-order valence-corrected chi connectivity index (χ2v) is 8.25. The van der Waals surface area contributed by atoms with E-state index in [0.29, 0.717) is 17.8 Å². The first kappa shape index (κ1) is 18.9. The van der Waals surface area contributed by atoms with Gasteiger partial charge in [0.25, 0.3) is 5.91 Å². The van der Waals surface area contributed by atoms with E-state index >= 15 is 0 Å². The lowest BCUT2D eigenvalue weighted by atomic mass is 10.2. The van der Waals surface area contributed by atoms with Crippen molar-refractivity contribution in [3.63, 3.8) is 0 Å². The minimum Gasteiger partial charge on any atom is -0.322 e. The number of anilines is 1. The summed E-state index contributed by atoms with van der Waals surface area (Å²) in [5.74, 6) is -0.231. The molecule has 2 rings (SSSR count). The van der Waals surface area contributed by atoms with Crippen molar-refractivity contribution >= 4 is 44.2 Å². The van der Waals surface area contributed by atoms with Crippen LogP contribution in [0.3, 0.4) is 0 Å². The van der Waals surface area contributed by atoms with Crippen LogP contribution in [0, 0.1) is 3.57 Å². The molecule has 0 aliphatic heterocycles. The van der Waals surface area contributed by atoms with Crippen LogP contribution in [0.15, 0.2) is 53.4 Å². The monoisotopic (exact) mass is 458 g/mol. The quantitative estimate of drug-likeness (QED) is 0.492. The highest BCUT2D eigenvalue weighted by molar-refractivity contribution is 14.1. The molecule has 0 spiro atoms. The third-order valence-electron chi connectivity index (χ3n) is 3.33. The number of halogens is 1. The molecule has 0 aromatic heterocycles. The number of hydrogen-bond acceptors (Lipinski definition) is 3. The van der Waals surface area contributed by atoms with Crippen LogP contribution >= 0.6 is 22.6 Å². The molecule has 1 amide bonds. The van der Waals surface area contributed by atoms with Crippen LogP contribution in [0.1, 0.15) is 30.1 Å². The molecule has 0 aliphatic carbocycles. The Morgan fingerprint density at radius 1 is 1.12 bits per heavy atom. The highest BCUT2D eigenvalue weighted by atomic mass is 127. The average Bonchev–Trinajstić information content (AvgIpc) is 2.55. The van der Waals surface area contributed by atoms with Gasteiger partial charge in [0.1, 0.15) is 0 Å². The molecule has 0 atom stereocenters. The third-order valence-corrected chi connectivity index (χ3v) is 5.48. The number of nitrogens with one attached hydrogen (secondary N) is 2. The zero-order valence-corrected chi connectivity index (χ0v) is 16.2. The van der Waals surface area contributed by atoms with Crippen LogP contribution in [0.5, 0.6) is 0 Å². The molecule has 5 nitrogen and oxygen atoms in total. The predicted molar refractivity (Wildman–Crippen MR) is 104 cm³/mol. The van der Waals surface area contributed by atoms with Crippen LogP contribution in [-0.4, -0.2) is 20.9 Å². The molecule has 7 heteroatoms. The molecule has 0 radical (unpaired) electrons. The molecule has 128 valence electrons. The summed E-state index contributed by atoms with van der Waals surface area (Å²) >= 11 is 2.14. The van der Waals surface area contributed by atoms with Gasteiger partial charge in [-0.15, -0.1) is 0 Å². The van der Waals surface area contributed by atoms with Gasteiger partial charge < -0.3 is 5.32 Å². The lowest BCUT2D eigenvalue weighted by Crippen LogP contribution is -2.24. The molecule has 0 heterocycles. The summed E-state index contributed by atoms with van der Waals surface area (Å²) in [6, 6.07) is 13.4. The molecule has 2 aromatic carbocycles. The summed E-state index contributed by atoms with van der Waals surface area (Å²) in [5.41, 5.74) is 1.10. The lowest BCUT2D eigenvalue weighted by molar-refractivity contribution is 0.102. The lowest BCUT2D eigenvalue weighted by Gasteiger charge is -2.08. The first-order chi connectivity index (χ1) is 11.4. The van der Waals surface area contributed by atoms with E-state index in [1.165, 1.54) is 12.1 Å². The van der Waals surface area contributed by atoms with Gasteiger partial charge in [0.2, 0.25) is 10.0 Å². The van der Waals surface area contributed by atoms with Crippen molar-refractivity contribution in [3.8, 4) is 0 Å². The number of carbonyl (C=O) groups is 1. The summed E-state index contributed by atoms with van der Waals surface area (Å²) in [4.78, 5) is 12.4. The van der Waals surface area contributed by atoms with Gasteiger partial charge in [-0.2, -0.15) is 0 Å². The Morgan fingerprint density at radius 3 is 2.46 bits per heavy atom. The van der Waals surface area contributed by atoms with Crippen molar-refractivity contribution in [2.45, 2.75) is 24.7 Å². The Labute approximate surface area is 156 Å². The summed E-state index contributed by atoms with van der Waals surface area (Å²) in [6.45, 7) is 2.42. The molecule has 24 heavy (non-hydrogen) atoms. The van der Waals surface area contributed by atoms with Crippen molar-refractivity contribution in [1.82, 2.24) is 4.72 Å². The van der Waals surface area contributed by atoms with Gasteiger partial charge in [0, 0.05) is 21.4 Å². The second kappa shape index (κ2) is 8.59. The van der Waals surface area contributed by atoms with E-state index in [2.05, 4.69) is 32.6 Å². The van der Waals surface area contributed by atoms with Crippen LogP contribution in [0.25, 0.3) is 0 Å². The highest BCUT2D eigenvalue weighted by Crippen LogP contribution is 2.16. The Hall–Kier alpha value is -1.45. The molecule has 2 aromatic rings. The fraction of sp³-hybridized carbons (Fsp3) is 0.235. The molecular weight excluding hydrogens is 439 g/mol. The zero-order valence-electron chi connectivity index (χ0n) is 13.3. The topological polar surface area (TPSA) is 75.3 Å². The number of sulfonamides is 1. The van der Waals surface area contributed by atoms with Gasteiger partial charge >= 0.3 is 0 Å². The van der Waals surface area contributed by atoms with E-state index < -0.39 is 10.0 Å². The SMILES string of the molecule is CCCCNS(=O)(=O)c1ccc(NC(=O)c2cccc(I)c2)cc1. The van der Waals surface area contributed by atoms with Crippen LogP contribution in [-0.2, 0) is 10.0 Å². The fourth-order valence-corrected chi connectivity index (χ4v) is 3.63. The average molecular weight is 458 g/mol. The normalized spacial score (nSPS) is 11.2. The van der Waals surface area contributed by atoms with E-state index in [0.717, 1.165) is 16.4 Å². The molecular formula is C17H19IN2O3S. The number of unbranched alkanes of at least 4 members (excludes halogenated alkanes) is 1. The Kier molecular flexibility index (Phi) is 6.76. The second-order valence-electron chi connectivity index (χ2n) is 5.24. The fourth-order valence-electron chi connectivity index (χ4n) is 2.02. The molecule has 2 N–H and O–H groups in total. The Morgan fingerprint density at radius 2 is 1.83 bits per heavy atom. The van der Waals surface area contributed by atoms with Crippen molar-refractivity contribution in [2.24, 2.45) is 0 Å². The molecule has 0 fully saturated rings.